The lowest BCUT2D eigenvalue weighted by atomic mass is 9.84. The Morgan fingerprint density at radius 3 is 1.79 bits per heavy atom. The maximum atomic E-state index is 2.45. The first-order valence-corrected chi connectivity index (χ1v) is 21.0. The van der Waals surface area contributed by atoms with Crippen LogP contribution in [0.15, 0.2) is 200 Å². The largest absolute Gasteiger partial charge is 0.309 e. The topological polar surface area (TPSA) is 4.93 Å². The summed E-state index contributed by atoms with van der Waals surface area (Å²) >= 11 is 1.87. The highest BCUT2D eigenvalue weighted by atomic mass is 32.1. The Labute approximate surface area is 341 Å². The fourth-order valence-corrected chi connectivity index (χ4v) is 10.5. The summed E-state index contributed by atoms with van der Waals surface area (Å²) < 4.78 is 5.11. The van der Waals surface area contributed by atoms with Crippen molar-refractivity contribution in [2.45, 2.75) is 12.8 Å². The quantitative estimate of drug-likeness (QED) is 0.165. The highest BCUT2D eigenvalue weighted by Gasteiger charge is 2.19. The van der Waals surface area contributed by atoms with Gasteiger partial charge in [0.05, 0.1) is 11.0 Å². The lowest BCUT2D eigenvalue weighted by molar-refractivity contribution is 0.942. The predicted molar refractivity (Wildman–Crippen MR) is 248 cm³/mol. The van der Waals surface area contributed by atoms with Crippen LogP contribution in [0.3, 0.4) is 0 Å². The first-order chi connectivity index (χ1) is 28.7. The van der Waals surface area contributed by atoms with E-state index in [1.54, 1.807) is 0 Å². The number of nitrogens with zero attached hydrogens (tertiary/aromatic N) is 1. The zero-order valence-corrected chi connectivity index (χ0v) is 32.6. The molecule has 0 atom stereocenters. The maximum absolute atomic E-state index is 2.45. The molecule has 272 valence electrons. The van der Waals surface area contributed by atoms with E-state index >= 15 is 0 Å². The van der Waals surface area contributed by atoms with E-state index in [2.05, 4.69) is 205 Å². The van der Waals surface area contributed by atoms with Crippen molar-refractivity contribution in [1.29, 1.82) is 0 Å². The van der Waals surface area contributed by atoms with Gasteiger partial charge in [-0.15, -0.1) is 11.3 Å². The average Bonchev–Trinajstić information content (AvgIpc) is 3.84. The third kappa shape index (κ3) is 5.37. The van der Waals surface area contributed by atoms with E-state index in [1.807, 2.05) is 11.3 Å². The van der Waals surface area contributed by atoms with Crippen molar-refractivity contribution in [3.8, 4) is 61.3 Å². The van der Waals surface area contributed by atoms with Gasteiger partial charge in [-0.3, -0.25) is 0 Å². The minimum atomic E-state index is 1.10. The van der Waals surface area contributed by atoms with Gasteiger partial charge in [-0.2, -0.15) is 0 Å². The summed E-state index contributed by atoms with van der Waals surface area (Å²) in [5, 5.41) is 5.17. The Hall–Kier alpha value is -7.00. The van der Waals surface area contributed by atoms with Crippen LogP contribution < -0.4 is 0 Å². The number of para-hydroxylation sites is 1. The molecule has 0 spiro atoms. The van der Waals surface area contributed by atoms with Gasteiger partial charge in [0.2, 0.25) is 0 Å². The molecule has 11 aromatic rings. The van der Waals surface area contributed by atoms with Crippen LogP contribution in [-0.2, 0) is 12.8 Å². The van der Waals surface area contributed by atoms with E-state index in [-0.39, 0.29) is 0 Å². The Kier molecular flexibility index (Phi) is 7.61. The summed E-state index contributed by atoms with van der Waals surface area (Å²) in [4.78, 5) is 0. The summed E-state index contributed by atoms with van der Waals surface area (Å²) in [6.45, 7) is 0. The molecule has 2 heteroatoms. The Morgan fingerprint density at radius 2 is 0.914 bits per heavy atom. The zero-order chi connectivity index (χ0) is 38.2. The molecule has 0 fully saturated rings. The monoisotopic (exact) mass is 755 g/mol. The molecule has 2 heterocycles. The molecule has 1 nitrogen and oxygen atoms in total. The molecular weight excluding hydrogens is 719 g/mol. The van der Waals surface area contributed by atoms with Crippen molar-refractivity contribution in [3.05, 3.63) is 211 Å². The standard InChI is InChI=1S/C56H37NS/c1-2-10-37(11-3-1)46-29-28-44(35-50(46)40-20-18-36(19-21-40)41-25-24-39-23-22-38-12-4-5-13-45(38)49(39)32-41)57-53-16-8-6-14-47(53)51-33-42(26-30-54(51)57)43-27-31-56-52(34-43)48-15-7-9-17-55(48)58-56/h1-21,24-35H,22-23H2. The van der Waals surface area contributed by atoms with Gasteiger partial charge in [0, 0.05) is 36.6 Å². The molecule has 58 heavy (non-hydrogen) atoms. The van der Waals surface area contributed by atoms with Crippen LogP contribution in [-0.4, -0.2) is 4.57 Å². The maximum Gasteiger partial charge on any atom is 0.0541 e. The highest BCUT2D eigenvalue weighted by molar-refractivity contribution is 7.25. The van der Waals surface area contributed by atoms with Crippen molar-refractivity contribution >= 4 is 53.3 Å². The van der Waals surface area contributed by atoms with E-state index in [0.717, 1.165) is 18.5 Å². The lowest BCUT2D eigenvalue weighted by Crippen LogP contribution is -2.03. The predicted octanol–water partition coefficient (Wildman–Crippen LogP) is 15.6. The molecule has 0 unspecified atom stereocenters. The molecule has 2 aromatic heterocycles. The van der Waals surface area contributed by atoms with Crippen molar-refractivity contribution in [2.24, 2.45) is 0 Å². The highest BCUT2D eigenvalue weighted by Crippen LogP contribution is 2.42. The van der Waals surface area contributed by atoms with Crippen LogP contribution in [0, 0.1) is 0 Å². The Balaban J connectivity index is 0.976. The van der Waals surface area contributed by atoms with E-state index < -0.39 is 0 Å². The molecule has 0 radical (unpaired) electrons. The number of thiophene rings is 1. The summed E-state index contributed by atoms with van der Waals surface area (Å²) in [7, 11) is 0. The van der Waals surface area contributed by atoms with Gasteiger partial charge in [0.1, 0.15) is 0 Å². The van der Waals surface area contributed by atoms with Crippen LogP contribution in [0.2, 0.25) is 0 Å². The molecule has 12 rings (SSSR count). The number of hydrogen-bond acceptors (Lipinski definition) is 1. The smallest absolute Gasteiger partial charge is 0.0541 e. The molecule has 1 aliphatic rings. The Morgan fingerprint density at radius 1 is 0.310 bits per heavy atom. The van der Waals surface area contributed by atoms with Crippen molar-refractivity contribution in [3.63, 3.8) is 0 Å². The molecule has 0 N–H and O–H groups in total. The minimum Gasteiger partial charge on any atom is -0.309 e. The van der Waals surface area contributed by atoms with Crippen LogP contribution in [0.4, 0.5) is 0 Å². The third-order valence-corrected chi connectivity index (χ3v) is 13.5. The number of rotatable bonds is 5. The fraction of sp³-hybridized carbons (Fsp3) is 0.0357. The first-order valence-electron chi connectivity index (χ1n) is 20.2. The lowest BCUT2D eigenvalue weighted by Gasteiger charge is -2.20. The number of benzene rings is 9. The molecule has 9 aromatic carbocycles. The zero-order valence-electron chi connectivity index (χ0n) is 31.8. The van der Waals surface area contributed by atoms with Gasteiger partial charge < -0.3 is 4.57 Å². The molecule has 0 saturated heterocycles. The normalized spacial score (nSPS) is 12.3. The van der Waals surface area contributed by atoms with Crippen molar-refractivity contribution < 1.29 is 0 Å². The molecule has 0 bridgehead atoms. The first kappa shape index (κ1) is 33.2. The minimum absolute atomic E-state index is 1.10. The number of aryl methyl sites for hydroxylation is 2. The van der Waals surface area contributed by atoms with Crippen molar-refractivity contribution in [2.75, 3.05) is 0 Å². The van der Waals surface area contributed by atoms with Gasteiger partial charge in [-0.1, -0.05) is 146 Å². The van der Waals surface area contributed by atoms with Gasteiger partial charge in [0.15, 0.2) is 0 Å². The molecule has 0 amide bonds. The van der Waals surface area contributed by atoms with Gasteiger partial charge in [-0.25, -0.2) is 0 Å². The fourth-order valence-electron chi connectivity index (χ4n) is 9.45. The van der Waals surface area contributed by atoms with Gasteiger partial charge in [-0.05, 0) is 134 Å². The molecule has 0 saturated carbocycles. The van der Waals surface area contributed by atoms with Crippen LogP contribution >= 0.6 is 11.3 Å². The number of aromatic nitrogens is 1. The molecule has 1 aliphatic carbocycles. The second-order valence-corrected chi connectivity index (χ2v) is 16.7. The average molecular weight is 756 g/mol. The number of hydrogen-bond donors (Lipinski definition) is 0. The third-order valence-electron chi connectivity index (χ3n) is 12.3. The number of fused-ring (bicyclic) bond motifs is 9. The summed E-state index contributed by atoms with van der Waals surface area (Å²) in [6.07, 6.45) is 2.21. The van der Waals surface area contributed by atoms with Crippen LogP contribution in [0.1, 0.15) is 11.1 Å². The van der Waals surface area contributed by atoms with E-state index in [9.17, 15) is 0 Å². The second-order valence-electron chi connectivity index (χ2n) is 15.6. The van der Waals surface area contributed by atoms with Crippen LogP contribution in [0.5, 0.6) is 0 Å². The van der Waals surface area contributed by atoms with Crippen molar-refractivity contribution in [1.82, 2.24) is 4.57 Å². The summed E-state index contributed by atoms with van der Waals surface area (Å²) in [5.41, 5.74) is 19.0. The van der Waals surface area contributed by atoms with Gasteiger partial charge >= 0.3 is 0 Å². The molecule has 0 aliphatic heterocycles. The second kappa shape index (κ2) is 13.3. The van der Waals surface area contributed by atoms with Crippen LogP contribution in [0.25, 0.3) is 103 Å². The molecular formula is C56H37NS. The van der Waals surface area contributed by atoms with E-state index in [1.165, 1.54) is 109 Å². The van der Waals surface area contributed by atoms with E-state index in [0.29, 0.717) is 0 Å². The van der Waals surface area contributed by atoms with Gasteiger partial charge in [0.25, 0.3) is 0 Å². The summed E-state index contributed by atoms with van der Waals surface area (Å²) in [6, 6.07) is 74.5. The SMILES string of the molecule is c1ccc(-c2ccc(-n3c4ccccc4c4cc(-c5ccc6sc7ccccc7c6c5)ccc43)cc2-c2ccc(-c3ccc4c(c3)-c3ccccc3CC4)cc2)cc1. The summed E-state index contributed by atoms with van der Waals surface area (Å²) in [5.74, 6) is 0. The Bertz CT molecular complexity index is 3380. The van der Waals surface area contributed by atoms with E-state index in [4.69, 9.17) is 0 Å².